The van der Waals surface area contributed by atoms with Crippen molar-refractivity contribution in [1.82, 2.24) is 0 Å². The quantitative estimate of drug-likeness (QED) is 0.669. The van der Waals surface area contributed by atoms with Crippen LogP contribution in [0.3, 0.4) is 0 Å². The molecule has 0 amide bonds. The van der Waals surface area contributed by atoms with E-state index in [1.807, 2.05) is 6.92 Å². The number of hydrogen-bond donors (Lipinski definition) is 0. The third-order valence-corrected chi connectivity index (χ3v) is 4.44. The molecule has 0 atom stereocenters. The highest BCUT2D eigenvalue weighted by Gasteiger charge is 2.32. The molecule has 0 aromatic rings. The molecule has 0 N–H and O–H groups in total. The summed E-state index contributed by atoms with van der Waals surface area (Å²) in [5.74, 6) is 0.791. The summed E-state index contributed by atoms with van der Waals surface area (Å²) in [7, 11) is 0. The standard InChI is InChI=1S/C15H28O2/c1-5-7-14(16)17-13-10-8-12(9-11-13)15(3,4)6-2/h12-13H,5-11H2,1-4H3. The van der Waals surface area contributed by atoms with Gasteiger partial charge in [-0.25, -0.2) is 0 Å². The van der Waals surface area contributed by atoms with Gasteiger partial charge < -0.3 is 4.74 Å². The normalized spacial score (nSPS) is 25.6. The first-order valence-corrected chi connectivity index (χ1v) is 7.19. The first kappa shape index (κ1) is 14.5. The van der Waals surface area contributed by atoms with E-state index in [4.69, 9.17) is 4.74 Å². The van der Waals surface area contributed by atoms with E-state index < -0.39 is 0 Å². The highest BCUT2D eigenvalue weighted by molar-refractivity contribution is 5.69. The van der Waals surface area contributed by atoms with E-state index in [1.54, 1.807) is 0 Å². The number of esters is 1. The van der Waals surface area contributed by atoms with Crippen molar-refractivity contribution in [3.8, 4) is 0 Å². The van der Waals surface area contributed by atoms with E-state index >= 15 is 0 Å². The number of hydrogen-bond acceptors (Lipinski definition) is 2. The summed E-state index contributed by atoms with van der Waals surface area (Å²) in [6.07, 6.45) is 7.43. The van der Waals surface area contributed by atoms with Gasteiger partial charge in [-0.2, -0.15) is 0 Å². The van der Waals surface area contributed by atoms with Gasteiger partial charge in [-0.3, -0.25) is 4.79 Å². The van der Waals surface area contributed by atoms with Crippen LogP contribution in [-0.2, 0) is 9.53 Å². The fraction of sp³-hybridized carbons (Fsp3) is 0.933. The minimum Gasteiger partial charge on any atom is -0.462 e. The molecule has 0 aliphatic heterocycles. The maximum absolute atomic E-state index is 11.4. The van der Waals surface area contributed by atoms with E-state index in [2.05, 4.69) is 20.8 Å². The van der Waals surface area contributed by atoms with Crippen LogP contribution in [-0.4, -0.2) is 12.1 Å². The lowest BCUT2D eigenvalue weighted by molar-refractivity contribution is -0.151. The van der Waals surface area contributed by atoms with Gasteiger partial charge in [0.25, 0.3) is 0 Å². The van der Waals surface area contributed by atoms with Gasteiger partial charge in [-0.15, -0.1) is 0 Å². The minimum absolute atomic E-state index is 0.00861. The SMILES string of the molecule is CCCC(=O)OC1CCC(C(C)(C)CC)CC1. The molecule has 0 heterocycles. The van der Waals surface area contributed by atoms with Crippen molar-refractivity contribution in [3.63, 3.8) is 0 Å². The Labute approximate surface area is 106 Å². The molecule has 0 unspecified atom stereocenters. The monoisotopic (exact) mass is 240 g/mol. The number of carbonyl (C=O) groups excluding carboxylic acids is 1. The van der Waals surface area contributed by atoms with Crippen LogP contribution in [0.15, 0.2) is 0 Å². The van der Waals surface area contributed by atoms with Crippen LogP contribution in [0.5, 0.6) is 0 Å². The van der Waals surface area contributed by atoms with Gasteiger partial charge in [-0.05, 0) is 43.4 Å². The summed E-state index contributed by atoms with van der Waals surface area (Å²) in [5.41, 5.74) is 0.443. The van der Waals surface area contributed by atoms with Gasteiger partial charge >= 0.3 is 5.97 Å². The molecule has 2 heteroatoms. The van der Waals surface area contributed by atoms with Crippen LogP contribution in [0.2, 0.25) is 0 Å². The van der Waals surface area contributed by atoms with Crippen molar-refractivity contribution < 1.29 is 9.53 Å². The Morgan fingerprint density at radius 1 is 1.18 bits per heavy atom. The van der Waals surface area contributed by atoms with Gasteiger partial charge in [0.05, 0.1) is 0 Å². The maximum atomic E-state index is 11.4. The van der Waals surface area contributed by atoms with Gasteiger partial charge in [0.2, 0.25) is 0 Å². The first-order valence-electron chi connectivity index (χ1n) is 7.19. The van der Waals surface area contributed by atoms with E-state index in [9.17, 15) is 4.79 Å². The van der Waals surface area contributed by atoms with Gasteiger partial charge in [-0.1, -0.05) is 34.1 Å². The van der Waals surface area contributed by atoms with Crippen LogP contribution in [0, 0.1) is 11.3 Å². The molecule has 1 fully saturated rings. The van der Waals surface area contributed by atoms with E-state index in [-0.39, 0.29) is 12.1 Å². The number of ether oxygens (including phenoxy) is 1. The summed E-state index contributed by atoms with van der Waals surface area (Å²) in [6.45, 7) is 9.01. The Morgan fingerprint density at radius 3 is 2.24 bits per heavy atom. The Kier molecular flexibility index (Phi) is 5.48. The van der Waals surface area contributed by atoms with E-state index in [1.165, 1.54) is 19.3 Å². The Morgan fingerprint density at radius 2 is 1.76 bits per heavy atom. The lowest BCUT2D eigenvalue weighted by atomic mass is 9.69. The second-order valence-corrected chi connectivity index (χ2v) is 6.06. The summed E-state index contributed by atoms with van der Waals surface area (Å²) in [4.78, 5) is 11.4. The number of carbonyl (C=O) groups is 1. The molecule has 1 aliphatic carbocycles. The second kappa shape index (κ2) is 6.42. The van der Waals surface area contributed by atoms with Gasteiger partial charge in [0.1, 0.15) is 6.10 Å². The van der Waals surface area contributed by atoms with Crippen molar-refractivity contribution in [2.24, 2.45) is 11.3 Å². The average molecular weight is 240 g/mol. The van der Waals surface area contributed by atoms with Crippen molar-refractivity contribution >= 4 is 5.97 Å². The largest absolute Gasteiger partial charge is 0.462 e. The fourth-order valence-electron chi connectivity index (χ4n) is 2.70. The molecule has 0 spiro atoms. The molecule has 2 nitrogen and oxygen atoms in total. The molecule has 1 aliphatic rings. The highest BCUT2D eigenvalue weighted by Crippen LogP contribution is 2.40. The van der Waals surface area contributed by atoms with Gasteiger partial charge in [0, 0.05) is 6.42 Å². The molecule has 0 radical (unpaired) electrons. The molecule has 17 heavy (non-hydrogen) atoms. The summed E-state index contributed by atoms with van der Waals surface area (Å²) < 4.78 is 5.49. The molecule has 0 aromatic heterocycles. The zero-order chi connectivity index (χ0) is 12.9. The zero-order valence-corrected chi connectivity index (χ0v) is 11.9. The lowest BCUT2D eigenvalue weighted by Gasteiger charge is -2.38. The minimum atomic E-state index is -0.00861. The van der Waals surface area contributed by atoms with Crippen LogP contribution in [0.4, 0.5) is 0 Å². The van der Waals surface area contributed by atoms with Crippen LogP contribution < -0.4 is 0 Å². The second-order valence-electron chi connectivity index (χ2n) is 6.06. The van der Waals surface area contributed by atoms with Crippen LogP contribution in [0.25, 0.3) is 0 Å². The fourth-order valence-corrected chi connectivity index (χ4v) is 2.70. The van der Waals surface area contributed by atoms with Crippen molar-refractivity contribution in [1.29, 1.82) is 0 Å². The average Bonchev–Trinajstić information content (AvgIpc) is 2.30. The molecule has 100 valence electrons. The number of rotatable bonds is 5. The van der Waals surface area contributed by atoms with E-state index in [0.717, 1.165) is 25.2 Å². The van der Waals surface area contributed by atoms with Gasteiger partial charge in [0.15, 0.2) is 0 Å². The maximum Gasteiger partial charge on any atom is 0.306 e. The molecular weight excluding hydrogens is 212 g/mol. The Balaban J connectivity index is 2.33. The Hall–Kier alpha value is -0.530. The lowest BCUT2D eigenvalue weighted by Crippen LogP contribution is -2.31. The predicted molar refractivity (Wildman–Crippen MR) is 70.8 cm³/mol. The first-order chi connectivity index (χ1) is 7.99. The van der Waals surface area contributed by atoms with Crippen molar-refractivity contribution in [3.05, 3.63) is 0 Å². The van der Waals surface area contributed by atoms with Crippen LogP contribution >= 0.6 is 0 Å². The Bertz CT molecular complexity index is 237. The van der Waals surface area contributed by atoms with Crippen molar-refractivity contribution in [2.45, 2.75) is 78.7 Å². The highest BCUT2D eigenvalue weighted by atomic mass is 16.5. The summed E-state index contributed by atoms with van der Waals surface area (Å²) in [5, 5.41) is 0. The molecule has 0 aromatic carbocycles. The summed E-state index contributed by atoms with van der Waals surface area (Å²) in [6, 6.07) is 0. The smallest absolute Gasteiger partial charge is 0.306 e. The predicted octanol–water partition coefficient (Wildman–Crippen LogP) is 4.32. The zero-order valence-electron chi connectivity index (χ0n) is 11.9. The molecular formula is C15H28O2. The van der Waals surface area contributed by atoms with E-state index in [0.29, 0.717) is 11.8 Å². The topological polar surface area (TPSA) is 26.3 Å². The third kappa shape index (κ3) is 4.33. The molecule has 1 rings (SSSR count). The van der Waals surface area contributed by atoms with Crippen LogP contribution in [0.1, 0.15) is 72.6 Å². The third-order valence-electron chi connectivity index (χ3n) is 4.44. The van der Waals surface area contributed by atoms with Crippen molar-refractivity contribution in [2.75, 3.05) is 0 Å². The summed E-state index contributed by atoms with van der Waals surface area (Å²) >= 11 is 0. The molecule has 1 saturated carbocycles. The molecule has 0 saturated heterocycles. The molecule has 0 bridgehead atoms.